The Kier molecular flexibility index (Phi) is 4.98. The van der Waals surface area contributed by atoms with Crippen molar-refractivity contribution in [2.45, 2.75) is 12.5 Å². The van der Waals surface area contributed by atoms with Gasteiger partial charge in [-0.1, -0.05) is 12.1 Å². The lowest BCUT2D eigenvalue weighted by Gasteiger charge is -2.12. The predicted molar refractivity (Wildman–Crippen MR) is 62.4 cm³/mol. The van der Waals surface area contributed by atoms with Crippen molar-refractivity contribution in [1.82, 2.24) is 5.32 Å². The first-order valence-corrected chi connectivity index (χ1v) is 6.63. The normalized spacial score (nSPS) is 13.3. The van der Waals surface area contributed by atoms with Crippen molar-refractivity contribution in [2.75, 3.05) is 6.80 Å². The number of hydrogen-bond donors (Lipinski definition) is 4. The van der Waals surface area contributed by atoms with E-state index < -0.39 is 26.4 Å². The molecule has 0 heterocycles. The maximum atomic E-state index is 12.0. The van der Waals surface area contributed by atoms with Crippen molar-refractivity contribution in [3.8, 4) is 0 Å². The van der Waals surface area contributed by atoms with Crippen LogP contribution in [0.25, 0.3) is 0 Å². The number of rotatable bonds is 6. The Bertz CT molecular complexity index is 458. The van der Waals surface area contributed by atoms with Gasteiger partial charge >= 0.3 is 13.6 Å². The number of halogens is 1. The van der Waals surface area contributed by atoms with Gasteiger partial charge in [-0.05, 0) is 24.1 Å². The summed E-state index contributed by atoms with van der Waals surface area (Å²) in [5.74, 6) is -1.19. The van der Waals surface area contributed by atoms with E-state index in [-0.39, 0.29) is 11.7 Å². The number of carboxylic acids is 1. The summed E-state index contributed by atoms with van der Waals surface area (Å²) in [6.07, 6.45) is 0.0285. The fraction of sp³-hybridized carbons (Fsp3) is 0.300. The summed E-state index contributed by atoms with van der Waals surface area (Å²) in [7, 11) is -4.30. The Hall–Kier alpha value is -1.27. The molecule has 0 aliphatic rings. The van der Waals surface area contributed by atoms with Gasteiger partial charge in [-0.25, -0.2) is 4.39 Å². The molecule has 0 radical (unpaired) electrons. The van der Waals surface area contributed by atoms with Crippen LogP contribution in [0, 0.1) is 0 Å². The number of nitrogens with one attached hydrogen (secondary N) is 1. The zero-order valence-electron chi connectivity index (χ0n) is 9.28. The van der Waals surface area contributed by atoms with E-state index in [1.54, 1.807) is 0 Å². The number of aliphatic carboxylic acids is 1. The Morgan fingerprint density at radius 2 is 1.89 bits per heavy atom. The summed E-state index contributed by atoms with van der Waals surface area (Å²) in [5, 5.41) is 10.8. The van der Waals surface area contributed by atoms with Gasteiger partial charge in [0.2, 0.25) is 0 Å². The average molecular weight is 277 g/mol. The molecule has 1 atom stereocenters. The van der Waals surface area contributed by atoms with Gasteiger partial charge < -0.3 is 14.9 Å². The molecule has 100 valence electrons. The van der Waals surface area contributed by atoms with Crippen LogP contribution in [-0.2, 0) is 15.8 Å². The molecule has 1 aromatic carbocycles. The molecular formula is C10H13FNO5P. The van der Waals surface area contributed by atoms with Crippen LogP contribution in [-0.4, -0.2) is 33.7 Å². The second-order valence-corrected chi connectivity index (χ2v) is 5.25. The van der Waals surface area contributed by atoms with Gasteiger partial charge in [0.05, 0.1) is 5.30 Å². The second-order valence-electron chi connectivity index (χ2n) is 3.64. The summed E-state index contributed by atoms with van der Waals surface area (Å²) in [4.78, 5) is 28.5. The van der Waals surface area contributed by atoms with Crippen LogP contribution in [0.1, 0.15) is 5.56 Å². The standard InChI is InChI=1S/C10H13FNO5P/c11-6-12-9(10(13)14)5-7-1-3-8(4-2-7)18(15,16)17/h1-4,9,12H,5-6H2,(H,13,14)(H2,15,16,17)/t9-/m0/s1. The highest BCUT2D eigenvalue weighted by molar-refractivity contribution is 7.60. The molecule has 0 aliphatic carbocycles. The van der Waals surface area contributed by atoms with Crippen LogP contribution in [0.2, 0.25) is 0 Å². The molecule has 4 N–H and O–H groups in total. The second kappa shape index (κ2) is 6.06. The number of hydrogen-bond acceptors (Lipinski definition) is 3. The highest BCUT2D eigenvalue weighted by atomic mass is 31.2. The zero-order chi connectivity index (χ0) is 13.8. The third-order valence-electron chi connectivity index (χ3n) is 2.33. The molecule has 0 aliphatic heterocycles. The number of alkyl halides is 1. The SMILES string of the molecule is O=C(O)[C@H](Cc1ccc(P(=O)(O)O)cc1)NCF. The van der Waals surface area contributed by atoms with Crippen LogP contribution >= 0.6 is 7.60 Å². The molecule has 0 spiro atoms. The first kappa shape index (κ1) is 14.8. The van der Waals surface area contributed by atoms with E-state index in [9.17, 15) is 13.8 Å². The van der Waals surface area contributed by atoms with Crippen LogP contribution in [0.3, 0.4) is 0 Å². The van der Waals surface area contributed by atoms with Gasteiger partial charge in [0.25, 0.3) is 0 Å². The molecule has 0 saturated heterocycles. The topological polar surface area (TPSA) is 107 Å². The van der Waals surface area contributed by atoms with E-state index >= 15 is 0 Å². The summed E-state index contributed by atoms with van der Waals surface area (Å²) in [5.41, 5.74) is 0.542. The van der Waals surface area contributed by atoms with Crippen molar-refractivity contribution < 1.29 is 28.6 Å². The number of benzene rings is 1. The predicted octanol–water partition coefficient (Wildman–Crippen LogP) is 0.00190. The molecular weight excluding hydrogens is 264 g/mol. The molecule has 18 heavy (non-hydrogen) atoms. The van der Waals surface area contributed by atoms with Crippen molar-refractivity contribution in [1.29, 1.82) is 0 Å². The summed E-state index contributed by atoms with van der Waals surface area (Å²) < 4.78 is 23.0. The summed E-state index contributed by atoms with van der Waals surface area (Å²) in [6, 6.07) is 4.19. The monoisotopic (exact) mass is 277 g/mol. The molecule has 0 amide bonds. The smallest absolute Gasteiger partial charge is 0.356 e. The van der Waals surface area contributed by atoms with E-state index in [4.69, 9.17) is 14.9 Å². The lowest BCUT2D eigenvalue weighted by Crippen LogP contribution is -2.38. The first-order valence-electron chi connectivity index (χ1n) is 5.02. The third-order valence-corrected chi connectivity index (χ3v) is 3.31. The third kappa shape index (κ3) is 4.19. The fourth-order valence-corrected chi connectivity index (χ4v) is 1.94. The van der Waals surface area contributed by atoms with Gasteiger partial charge in [0.1, 0.15) is 12.8 Å². The van der Waals surface area contributed by atoms with Crippen LogP contribution in [0.4, 0.5) is 4.39 Å². The Morgan fingerprint density at radius 3 is 2.28 bits per heavy atom. The maximum Gasteiger partial charge on any atom is 0.356 e. The lowest BCUT2D eigenvalue weighted by molar-refractivity contribution is -0.139. The quantitative estimate of drug-likeness (QED) is 0.431. The Balaban J connectivity index is 2.79. The minimum absolute atomic E-state index is 0.0285. The van der Waals surface area contributed by atoms with Crippen molar-refractivity contribution >= 4 is 18.9 Å². The van der Waals surface area contributed by atoms with Crippen molar-refractivity contribution in [3.05, 3.63) is 29.8 Å². The molecule has 6 nitrogen and oxygen atoms in total. The molecule has 1 aromatic rings. The van der Waals surface area contributed by atoms with Crippen molar-refractivity contribution in [2.24, 2.45) is 0 Å². The highest BCUT2D eigenvalue weighted by Crippen LogP contribution is 2.32. The minimum atomic E-state index is -4.30. The molecule has 0 unspecified atom stereocenters. The Labute approximate surface area is 103 Å². The summed E-state index contributed by atoms with van der Waals surface area (Å²) >= 11 is 0. The lowest BCUT2D eigenvalue weighted by atomic mass is 10.1. The first-order chi connectivity index (χ1) is 8.34. The van der Waals surface area contributed by atoms with Crippen LogP contribution in [0.5, 0.6) is 0 Å². The van der Waals surface area contributed by atoms with Crippen molar-refractivity contribution in [3.63, 3.8) is 0 Å². The molecule has 0 saturated carbocycles. The van der Waals surface area contributed by atoms with E-state index in [1.165, 1.54) is 24.3 Å². The van der Waals surface area contributed by atoms with Gasteiger partial charge in [0, 0.05) is 0 Å². The fourth-order valence-electron chi connectivity index (χ4n) is 1.40. The van der Waals surface area contributed by atoms with E-state index in [1.807, 2.05) is 0 Å². The van der Waals surface area contributed by atoms with Gasteiger partial charge in [-0.15, -0.1) is 0 Å². The Morgan fingerprint density at radius 1 is 1.33 bits per heavy atom. The highest BCUT2D eigenvalue weighted by Gasteiger charge is 2.19. The van der Waals surface area contributed by atoms with Gasteiger partial charge in [0.15, 0.2) is 0 Å². The number of carboxylic acid groups (broad SMARTS) is 1. The van der Waals surface area contributed by atoms with Crippen LogP contribution in [0.15, 0.2) is 24.3 Å². The molecule has 0 fully saturated rings. The van der Waals surface area contributed by atoms with E-state index in [2.05, 4.69) is 5.32 Å². The molecule has 0 aromatic heterocycles. The van der Waals surface area contributed by atoms with E-state index in [0.717, 1.165) is 0 Å². The largest absolute Gasteiger partial charge is 0.480 e. The van der Waals surface area contributed by atoms with Gasteiger partial charge in [-0.2, -0.15) is 0 Å². The van der Waals surface area contributed by atoms with Gasteiger partial charge in [-0.3, -0.25) is 14.7 Å². The summed E-state index contributed by atoms with van der Waals surface area (Å²) in [6.45, 7) is -0.961. The maximum absolute atomic E-state index is 12.0. The van der Waals surface area contributed by atoms with E-state index in [0.29, 0.717) is 5.56 Å². The minimum Gasteiger partial charge on any atom is -0.480 e. The molecule has 0 bridgehead atoms. The average Bonchev–Trinajstić information content (AvgIpc) is 2.28. The number of carbonyl (C=O) groups is 1. The molecule has 8 heteroatoms. The molecule has 1 rings (SSSR count). The van der Waals surface area contributed by atoms with Crippen LogP contribution < -0.4 is 10.6 Å². The zero-order valence-corrected chi connectivity index (χ0v) is 10.2.